The van der Waals surface area contributed by atoms with Crippen molar-refractivity contribution in [3.63, 3.8) is 0 Å². The number of carbonyl (C=O) groups is 2. The molecule has 0 saturated heterocycles. The molecule has 0 radical (unpaired) electrons. The van der Waals surface area contributed by atoms with Crippen molar-refractivity contribution < 1.29 is 23.8 Å². The highest BCUT2D eigenvalue weighted by Gasteiger charge is 2.63. The second-order valence-corrected chi connectivity index (χ2v) is 13.2. The molecule has 5 nitrogen and oxygen atoms in total. The molecule has 1 heterocycles. The fourth-order valence-corrected chi connectivity index (χ4v) is 9.27. The Bertz CT molecular complexity index is 964. The van der Waals surface area contributed by atoms with Crippen molar-refractivity contribution in [1.29, 1.82) is 0 Å². The topological polar surface area (TPSA) is 61.8 Å². The predicted molar refractivity (Wildman–Crippen MR) is 139 cm³/mol. The zero-order valence-electron chi connectivity index (χ0n) is 23.2. The Morgan fingerprint density at radius 1 is 1.14 bits per heavy atom. The lowest BCUT2D eigenvalue weighted by Gasteiger charge is -2.58. The Balaban J connectivity index is 1.29. The number of hydrogen-bond donors (Lipinski definition) is 0. The lowest BCUT2D eigenvalue weighted by Crippen LogP contribution is -2.50. The van der Waals surface area contributed by atoms with E-state index in [1.165, 1.54) is 50.9 Å². The summed E-state index contributed by atoms with van der Waals surface area (Å²) in [6, 6.07) is 0. The largest absolute Gasteiger partial charge is 0.494 e. The second kappa shape index (κ2) is 9.51. The molecule has 7 unspecified atom stereocenters. The number of allylic oxidation sites excluding steroid dienone is 2. The summed E-state index contributed by atoms with van der Waals surface area (Å²) in [5.41, 5.74) is 3.62. The SMILES string of the molecule is CC(=O)OCC(C)CCC1=C(C)C2C(CC3C4CC=C5CC(OC(C)=O)CC[C@]5(C)C4CC[C@@]32C)O1. The van der Waals surface area contributed by atoms with Gasteiger partial charge in [0.1, 0.15) is 12.2 Å². The van der Waals surface area contributed by atoms with E-state index < -0.39 is 0 Å². The molecular formula is C31H46O5. The second-order valence-electron chi connectivity index (χ2n) is 13.2. The van der Waals surface area contributed by atoms with E-state index in [0.717, 1.165) is 43.9 Å². The van der Waals surface area contributed by atoms with Crippen LogP contribution in [0.15, 0.2) is 23.0 Å². The summed E-state index contributed by atoms with van der Waals surface area (Å²) in [6.45, 7) is 13.1. The summed E-state index contributed by atoms with van der Waals surface area (Å²) in [5, 5.41) is 0. The highest BCUT2D eigenvalue weighted by atomic mass is 16.5. The van der Waals surface area contributed by atoms with Crippen molar-refractivity contribution in [1.82, 2.24) is 0 Å². The van der Waals surface area contributed by atoms with E-state index in [2.05, 4.69) is 33.8 Å². The minimum atomic E-state index is -0.200. The van der Waals surface area contributed by atoms with Crippen molar-refractivity contribution in [2.45, 2.75) is 112 Å². The van der Waals surface area contributed by atoms with Crippen LogP contribution in [0.5, 0.6) is 0 Å². The highest BCUT2D eigenvalue weighted by Crippen LogP contribution is 2.69. The van der Waals surface area contributed by atoms with Gasteiger partial charge < -0.3 is 14.2 Å². The van der Waals surface area contributed by atoms with Crippen LogP contribution in [0, 0.1) is 40.4 Å². The molecule has 5 rings (SSSR count). The molecule has 200 valence electrons. The summed E-state index contributed by atoms with van der Waals surface area (Å²) in [6.07, 6.45) is 12.9. The maximum Gasteiger partial charge on any atom is 0.302 e. The molecule has 3 saturated carbocycles. The summed E-state index contributed by atoms with van der Waals surface area (Å²) in [7, 11) is 0. The van der Waals surface area contributed by atoms with Crippen LogP contribution in [-0.2, 0) is 23.8 Å². The summed E-state index contributed by atoms with van der Waals surface area (Å²) < 4.78 is 17.5. The maximum atomic E-state index is 11.5. The van der Waals surface area contributed by atoms with E-state index in [-0.39, 0.29) is 23.5 Å². The van der Waals surface area contributed by atoms with Crippen LogP contribution in [0.1, 0.15) is 99.3 Å². The molecule has 9 atom stereocenters. The molecule has 0 aromatic rings. The molecule has 0 aromatic carbocycles. The Labute approximate surface area is 217 Å². The van der Waals surface area contributed by atoms with Crippen LogP contribution in [-0.4, -0.2) is 30.8 Å². The molecule has 0 spiro atoms. The average molecular weight is 499 g/mol. The molecule has 4 aliphatic carbocycles. The third-order valence-electron chi connectivity index (χ3n) is 11.0. The van der Waals surface area contributed by atoms with E-state index in [4.69, 9.17) is 14.2 Å². The zero-order chi connectivity index (χ0) is 25.8. The van der Waals surface area contributed by atoms with Crippen molar-refractivity contribution in [3.8, 4) is 0 Å². The van der Waals surface area contributed by atoms with Crippen LogP contribution >= 0.6 is 0 Å². The lowest BCUT2D eigenvalue weighted by atomic mass is 9.47. The smallest absolute Gasteiger partial charge is 0.302 e. The molecule has 0 amide bonds. The number of fused-ring (bicyclic) bond motifs is 7. The number of esters is 2. The van der Waals surface area contributed by atoms with Crippen molar-refractivity contribution in [3.05, 3.63) is 23.0 Å². The van der Waals surface area contributed by atoms with Crippen LogP contribution in [0.25, 0.3) is 0 Å². The van der Waals surface area contributed by atoms with Gasteiger partial charge in [-0.05, 0) is 91.9 Å². The molecule has 5 aliphatic rings. The standard InChI is InChI=1S/C31H46O5/c1-18(17-34-20(3)32)7-10-27-19(2)29-28(36-27)16-26-24-9-8-22-15-23(35-21(4)33)11-13-30(22,5)25(24)12-14-31(26,29)6/h8,18,23-26,28-29H,7,9-17H2,1-6H3/t18?,23?,24?,25?,26?,28?,29?,30-,31-/m0/s1. The molecule has 1 aliphatic heterocycles. The molecular weight excluding hydrogens is 452 g/mol. The first-order valence-electron chi connectivity index (χ1n) is 14.4. The van der Waals surface area contributed by atoms with Gasteiger partial charge in [-0.1, -0.05) is 32.4 Å². The molecule has 3 fully saturated rings. The van der Waals surface area contributed by atoms with Crippen LogP contribution in [0.3, 0.4) is 0 Å². The van der Waals surface area contributed by atoms with Crippen LogP contribution in [0.4, 0.5) is 0 Å². The van der Waals surface area contributed by atoms with Crippen molar-refractivity contribution in [2.24, 2.45) is 40.4 Å². The number of rotatable bonds is 6. The predicted octanol–water partition coefficient (Wildman–Crippen LogP) is 6.76. The Hall–Kier alpha value is -1.78. The maximum absolute atomic E-state index is 11.5. The first kappa shape index (κ1) is 25.9. The molecule has 0 N–H and O–H groups in total. The zero-order valence-corrected chi connectivity index (χ0v) is 23.2. The van der Waals surface area contributed by atoms with Gasteiger partial charge in [-0.2, -0.15) is 0 Å². The Morgan fingerprint density at radius 2 is 1.92 bits per heavy atom. The van der Waals surface area contributed by atoms with E-state index in [1.54, 1.807) is 5.57 Å². The first-order valence-corrected chi connectivity index (χ1v) is 14.4. The summed E-state index contributed by atoms with van der Waals surface area (Å²) >= 11 is 0. The Kier molecular flexibility index (Phi) is 6.83. The third kappa shape index (κ3) is 4.32. The number of ether oxygens (including phenoxy) is 3. The quantitative estimate of drug-likeness (QED) is 0.299. The number of hydrogen-bond acceptors (Lipinski definition) is 5. The average Bonchev–Trinajstić information content (AvgIpc) is 3.29. The van der Waals surface area contributed by atoms with Gasteiger partial charge in [0, 0.05) is 32.6 Å². The van der Waals surface area contributed by atoms with Gasteiger partial charge in [0.25, 0.3) is 0 Å². The van der Waals surface area contributed by atoms with E-state index in [0.29, 0.717) is 35.9 Å². The van der Waals surface area contributed by atoms with E-state index in [9.17, 15) is 9.59 Å². The molecule has 5 heteroatoms. The van der Waals surface area contributed by atoms with Gasteiger partial charge in [0.2, 0.25) is 0 Å². The summed E-state index contributed by atoms with van der Waals surface area (Å²) in [4.78, 5) is 22.7. The number of carbonyl (C=O) groups excluding carboxylic acids is 2. The minimum absolute atomic E-state index is 0.0643. The van der Waals surface area contributed by atoms with E-state index >= 15 is 0 Å². The lowest BCUT2D eigenvalue weighted by molar-refractivity contribution is -0.148. The minimum Gasteiger partial charge on any atom is -0.494 e. The van der Waals surface area contributed by atoms with Crippen LogP contribution in [0.2, 0.25) is 0 Å². The fourth-order valence-electron chi connectivity index (χ4n) is 9.27. The van der Waals surface area contributed by atoms with Crippen LogP contribution < -0.4 is 0 Å². The van der Waals surface area contributed by atoms with E-state index in [1.807, 2.05) is 0 Å². The van der Waals surface area contributed by atoms with Gasteiger partial charge in [0.05, 0.1) is 12.4 Å². The van der Waals surface area contributed by atoms with Gasteiger partial charge >= 0.3 is 11.9 Å². The monoisotopic (exact) mass is 498 g/mol. The fraction of sp³-hybridized carbons (Fsp3) is 0.806. The highest BCUT2D eigenvalue weighted by molar-refractivity contribution is 5.66. The molecule has 0 aromatic heterocycles. The molecule has 36 heavy (non-hydrogen) atoms. The van der Waals surface area contributed by atoms with Crippen molar-refractivity contribution >= 4 is 11.9 Å². The van der Waals surface area contributed by atoms with Crippen molar-refractivity contribution in [2.75, 3.05) is 6.61 Å². The molecule has 0 bridgehead atoms. The van der Waals surface area contributed by atoms with Gasteiger partial charge in [0.15, 0.2) is 0 Å². The van der Waals surface area contributed by atoms with Gasteiger partial charge in [-0.15, -0.1) is 0 Å². The first-order chi connectivity index (χ1) is 17.0. The third-order valence-corrected chi connectivity index (χ3v) is 11.0. The van der Waals surface area contributed by atoms with Gasteiger partial charge in [-0.25, -0.2) is 0 Å². The normalized spacial score (nSPS) is 41.8. The Morgan fingerprint density at radius 3 is 2.64 bits per heavy atom. The van der Waals surface area contributed by atoms with Gasteiger partial charge in [-0.3, -0.25) is 9.59 Å². The summed E-state index contributed by atoms with van der Waals surface area (Å²) in [5.74, 6) is 3.93.